The molecule has 0 heterocycles. The van der Waals surface area contributed by atoms with E-state index >= 15 is 0 Å². The molecule has 0 saturated heterocycles. The lowest BCUT2D eigenvalue weighted by molar-refractivity contribution is 0.229. The fourth-order valence-corrected chi connectivity index (χ4v) is 2.16. The number of ether oxygens (including phenoxy) is 1. The van der Waals surface area contributed by atoms with Gasteiger partial charge in [-0.1, -0.05) is 32.0 Å². The standard InChI is InChI=1S/C17H29N3O/c1-13(12-14-8-6-7-9-15(14)21-5)20(4)11-10-17(2,3)16(18)19/h6-9,13H,10-12H2,1-5H3,(H3,18,19). The van der Waals surface area contributed by atoms with Crippen LogP contribution in [0.3, 0.4) is 0 Å². The van der Waals surface area contributed by atoms with Crippen molar-refractivity contribution >= 4 is 5.84 Å². The highest BCUT2D eigenvalue weighted by atomic mass is 16.5. The molecule has 0 fully saturated rings. The summed E-state index contributed by atoms with van der Waals surface area (Å²) in [5, 5.41) is 7.62. The Morgan fingerprint density at radius 1 is 1.38 bits per heavy atom. The van der Waals surface area contributed by atoms with Gasteiger partial charge in [-0.3, -0.25) is 5.41 Å². The zero-order valence-corrected chi connectivity index (χ0v) is 13.9. The van der Waals surface area contributed by atoms with Crippen LogP contribution in [0.4, 0.5) is 0 Å². The Hall–Kier alpha value is -1.55. The summed E-state index contributed by atoms with van der Waals surface area (Å²) in [6.45, 7) is 7.18. The lowest BCUT2D eigenvalue weighted by Crippen LogP contribution is -2.38. The van der Waals surface area contributed by atoms with E-state index in [1.807, 2.05) is 32.0 Å². The van der Waals surface area contributed by atoms with E-state index in [0.29, 0.717) is 6.04 Å². The van der Waals surface area contributed by atoms with Crippen LogP contribution in [0.15, 0.2) is 24.3 Å². The van der Waals surface area contributed by atoms with Gasteiger partial charge in [0, 0.05) is 11.5 Å². The quantitative estimate of drug-likeness (QED) is 0.572. The molecule has 1 atom stereocenters. The first kappa shape index (κ1) is 17.5. The van der Waals surface area contributed by atoms with Crippen molar-refractivity contribution in [3.05, 3.63) is 29.8 Å². The molecule has 0 aliphatic heterocycles. The van der Waals surface area contributed by atoms with Crippen molar-refractivity contribution in [2.75, 3.05) is 20.7 Å². The minimum Gasteiger partial charge on any atom is -0.496 e. The third-order valence-electron chi connectivity index (χ3n) is 4.28. The van der Waals surface area contributed by atoms with Crippen molar-refractivity contribution in [3.8, 4) is 5.75 Å². The van der Waals surface area contributed by atoms with Gasteiger partial charge < -0.3 is 15.4 Å². The molecule has 0 saturated carbocycles. The number of nitrogens with one attached hydrogen (secondary N) is 1. The van der Waals surface area contributed by atoms with E-state index in [0.717, 1.165) is 25.1 Å². The molecule has 3 N–H and O–H groups in total. The molecule has 4 heteroatoms. The Bertz CT molecular complexity index is 471. The fraction of sp³-hybridized carbons (Fsp3) is 0.588. The van der Waals surface area contributed by atoms with Crippen LogP contribution < -0.4 is 10.5 Å². The van der Waals surface area contributed by atoms with Crippen LogP contribution in [-0.2, 0) is 6.42 Å². The first-order valence-electron chi connectivity index (χ1n) is 7.44. The van der Waals surface area contributed by atoms with E-state index in [4.69, 9.17) is 15.9 Å². The van der Waals surface area contributed by atoms with Gasteiger partial charge in [-0.15, -0.1) is 0 Å². The van der Waals surface area contributed by atoms with Crippen molar-refractivity contribution in [2.45, 2.75) is 39.7 Å². The zero-order valence-electron chi connectivity index (χ0n) is 13.9. The number of nitrogens with zero attached hydrogens (tertiary/aromatic N) is 1. The second-order valence-electron chi connectivity index (χ2n) is 6.39. The Kier molecular flexibility index (Phi) is 6.21. The van der Waals surface area contributed by atoms with Gasteiger partial charge in [-0.25, -0.2) is 0 Å². The number of benzene rings is 1. The van der Waals surface area contributed by atoms with Crippen LogP contribution in [0, 0.1) is 10.8 Å². The average molecular weight is 291 g/mol. The van der Waals surface area contributed by atoms with E-state index in [9.17, 15) is 0 Å². The van der Waals surface area contributed by atoms with Crippen LogP contribution in [0.1, 0.15) is 32.8 Å². The van der Waals surface area contributed by atoms with Crippen LogP contribution in [0.25, 0.3) is 0 Å². The van der Waals surface area contributed by atoms with Crippen molar-refractivity contribution < 1.29 is 4.74 Å². The third-order valence-corrected chi connectivity index (χ3v) is 4.28. The molecule has 118 valence electrons. The fourth-order valence-electron chi connectivity index (χ4n) is 2.16. The largest absolute Gasteiger partial charge is 0.496 e. The summed E-state index contributed by atoms with van der Waals surface area (Å²) >= 11 is 0. The molecule has 1 unspecified atom stereocenters. The molecular weight excluding hydrogens is 262 g/mol. The molecule has 0 amide bonds. The van der Waals surface area contributed by atoms with Gasteiger partial charge in [0.05, 0.1) is 12.9 Å². The zero-order chi connectivity index (χ0) is 16.0. The Morgan fingerprint density at radius 2 is 2.00 bits per heavy atom. The monoisotopic (exact) mass is 291 g/mol. The lowest BCUT2D eigenvalue weighted by Gasteiger charge is -2.30. The molecule has 0 bridgehead atoms. The molecule has 0 spiro atoms. The number of para-hydroxylation sites is 1. The number of methoxy groups -OCH3 is 1. The molecule has 4 nitrogen and oxygen atoms in total. The van der Waals surface area contributed by atoms with Crippen LogP contribution in [-0.4, -0.2) is 37.5 Å². The molecule has 1 aromatic carbocycles. The van der Waals surface area contributed by atoms with Crippen molar-refractivity contribution in [1.82, 2.24) is 4.90 Å². The topological polar surface area (TPSA) is 62.3 Å². The van der Waals surface area contributed by atoms with E-state index in [1.165, 1.54) is 5.56 Å². The summed E-state index contributed by atoms with van der Waals surface area (Å²) < 4.78 is 5.41. The summed E-state index contributed by atoms with van der Waals surface area (Å²) in [5.41, 5.74) is 6.63. The first-order chi connectivity index (χ1) is 9.77. The SMILES string of the molecule is COc1ccccc1CC(C)N(C)CCC(C)(C)C(=N)N. The van der Waals surface area contributed by atoms with Crippen LogP contribution in [0.2, 0.25) is 0 Å². The maximum absolute atomic E-state index is 7.62. The van der Waals surface area contributed by atoms with E-state index in [1.54, 1.807) is 7.11 Å². The summed E-state index contributed by atoms with van der Waals surface area (Å²) in [7, 11) is 3.83. The van der Waals surface area contributed by atoms with Crippen LogP contribution >= 0.6 is 0 Å². The molecule has 0 radical (unpaired) electrons. The van der Waals surface area contributed by atoms with Gasteiger partial charge >= 0.3 is 0 Å². The minimum absolute atomic E-state index is 0.238. The Balaban J connectivity index is 2.59. The number of nitrogens with two attached hydrogens (primary N) is 1. The summed E-state index contributed by atoms with van der Waals surface area (Å²) in [5.74, 6) is 1.20. The average Bonchev–Trinajstić information content (AvgIpc) is 2.45. The summed E-state index contributed by atoms with van der Waals surface area (Å²) in [6, 6.07) is 8.56. The summed E-state index contributed by atoms with van der Waals surface area (Å²) in [4.78, 5) is 2.32. The van der Waals surface area contributed by atoms with Crippen molar-refractivity contribution in [1.29, 1.82) is 5.41 Å². The molecule has 21 heavy (non-hydrogen) atoms. The molecule has 0 aliphatic rings. The van der Waals surface area contributed by atoms with Crippen LogP contribution in [0.5, 0.6) is 5.75 Å². The highest BCUT2D eigenvalue weighted by Gasteiger charge is 2.23. The van der Waals surface area contributed by atoms with E-state index in [-0.39, 0.29) is 11.3 Å². The molecule has 1 aromatic rings. The van der Waals surface area contributed by atoms with Gasteiger partial charge in [0.25, 0.3) is 0 Å². The second-order valence-corrected chi connectivity index (χ2v) is 6.39. The summed E-state index contributed by atoms with van der Waals surface area (Å²) in [6.07, 6.45) is 1.83. The lowest BCUT2D eigenvalue weighted by atomic mass is 9.87. The Labute approximate surface area is 128 Å². The number of hydrogen-bond donors (Lipinski definition) is 2. The van der Waals surface area contributed by atoms with E-state index in [2.05, 4.69) is 24.9 Å². The highest BCUT2D eigenvalue weighted by Crippen LogP contribution is 2.23. The molecule has 1 rings (SSSR count). The minimum atomic E-state index is -0.238. The highest BCUT2D eigenvalue weighted by molar-refractivity contribution is 5.82. The number of amidine groups is 1. The number of rotatable bonds is 8. The second kappa shape index (κ2) is 7.46. The van der Waals surface area contributed by atoms with Gasteiger partial charge in [-0.2, -0.15) is 0 Å². The third kappa shape index (κ3) is 5.05. The molecular formula is C17H29N3O. The van der Waals surface area contributed by atoms with Gasteiger partial charge in [-0.05, 0) is 45.0 Å². The van der Waals surface area contributed by atoms with E-state index < -0.39 is 0 Å². The molecule has 0 aromatic heterocycles. The maximum Gasteiger partial charge on any atom is 0.122 e. The van der Waals surface area contributed by atoms with Gasteiger partial charge in [0.15, 0.2) is 0 Å². The van der Waals surface area contributed by atoms with Gasteiger partial charge in [0.2, 0.25) is 0 Å². The predicted octanol–water partition coefficient (Wildman–Crippen LogP) is 2.91. The molecule has 0 aliphatic carbocycles. The predicted molar refractivity (Wildman–Crippen MR) is 89.1 cm³/mol. The van der Waals surface area contributed by atoms with Crippen molar-refractivity contribution in [3.63, 3.8) is 0 Å². The smallest absolute Gasteiger partial charge is 0.122 e. The number of likely N-dealkylation sites (N-methyl/N-ethyl adjacent to an activating group) is 1. The van der Waals surface area contributed by atoms with Crippen molar-refractivity contribution in [2.24, 2.45) is 11.1 Å². The maximum atomic E-state index is 7.62. The first-order valence-corrected chi connectivity index (χ1v) is 7.44. The van der Waals surface area contributed by atoms with Gasteiger partial charge in [0.1, 0.15) is 5.75 Å². The number of hydrogen-bond acceptors (Lipinski definition) is 3. The Morgan fingerprint density at radius 3 is 2.57 bits per heavy atom. The normalized spacial score (nSPS) is 13.2.